The van der Waals surface area contributed by atoms with Crippen LogP contribution in [0.25, 0.3) is 10.9 Å². The van der Waals surface area contributed by atoms with Crippen molar-refractivity contribution in [3.05, 3.63) is 35.0 Å². The molecule has 0 saturated heterocycles. The first-order chi connectivity index (χ1) is 9.38. The molecule has 0 aliphatic heterocycles. The number of H-pyrrole nitrogens is 1. The van der Waals surface area contributed by atoms with E-state index in [2.05, 4.69) is 24.0 Å². The van der Waals surface area contributed by atoms with E-state index < -0.39 is 6.10 Å². The van der Waals surface area contributed by atoms with Crippen LogP contribution in [-0.4, -0.2) is 40.6 Å². The van der Waals surface area contributed by atoms with Gasteiger partial charge in [0.1, 0.15) is 5.69 Å². The van der Waals surface area contributed by atoms with E-state index in [0.29, 0.717) is 18.7 Å². The van der Waals surface area contributed by atoms with Gasteiger partial charge in [-0.2, -0.15) is 0 Å². The van der Waals surface area contributed by atoms with Gasteiger partial charge in [0.15, 0.2) is 0 Å². The Hall–Kier alpha value is -1.81. The van der Waals surface area contributed by atoms with Crippen LogP contribution in [0.5, 0.6) is 0 Å². The van der Waals surface area contributed by atoms with Crippen molar-refractivity contribution in [2.45, 2.75) is 33.3 Å². The predicted octanol–water partition coefficient (Wildman–Crippen LogP) is 2.63. The van der Waals surface area contributed by atoms with Crippen molar-refractivity contribution >= 4 is 16.8 Å². The van der Waals surface area contributed by atoms with Crippen LogP contribution in [0, 0.1) is 13.8 Å². The average molecular weight is 274 g/mol. The molecule has 0 aliphatic carbocycles. The maximum absolute atomic E-state index is 12.3. The molecule has 1 heterocycles. The molecule has 2 rings (SSSR count). The molecule has 1 aromatic heterocycles. The lowest BCUT2D eigenvalue weighted by molar-refractivity contribution is 0.0764. The summed E-state index contributed by atoms with van der Waals surface area (Å²) in [6.45, 7) is 6.37. The molecule has 1 amide bonds. The van der Waals surface area contributed by atoms with Gasteiger partial charge in [0.2, 0.25) is 0 Å². The molecule has 2 aromatic rings. The maximum atomic E-state index is 12.3. The van der Waals surface area contributed by atoms with E-state index in [1.807, 2.05) is 13.0 Å². The lowest BCUT2D eigenvalue weighted by atomic mass is 10.1. The van der Waals surface area contributed by atoms with Gasteiger partial charge in [-0.1, -0.05) is 6.07 Å². The first-order valence-corrected chi connectivity index (χ1v) is 6.92. The van der Waals surface area contributed by atoms with Gasteiger partial charge in [0, 0.05) is 24.5 Å². The Morgan fingerprint density at radius 1 is 1.35 bits per heavy atom. The number of amides is 1. The number of carbonyl (C=O) groups excluding carboxylic acids is 1. The monoisotopic (exact) mass is 274 g/mol. The zero-order valence-corrected chi connectivity index (χ0v) is 12.5. The van der Waals surface area contributed by atoms with Crippen molar-refractivity contribution in [2.24, 2.45) is 0 Å². The molecule has 4 heteroatoms. The van der Waals surface area contributed by atoms with Gasteiger partial charge < -0.3 is 15.0 Å². The number of hydrogen-bond donors (Lipinski definition) is 2. The summed E-state index contributed by atoms with van der Waals surface area (Å²) in [4.78, 5) is 17.2. The van der Waals surface area contributed by atoms with E-state index in [0.717, 1.165) is 10.9 Å². The number of aryl methyl sites for hydroxylation is 2. The Morgan fingerprint density at radius 3 is 2.70 bits per heavy atom. The van der Waals surface area contributed by atoms with Crippen LogP contribution in [0.3, 0.4) is 0 Å². The topological polar surface area (TPSA) is 56.3 Å². The van der Waals surface area contributed by atoms with Crippen molar-refractivity contribution < 1.29 is 9.90 Å². The summed E-state index contributed by atoms with van der Waals surface area (Å²) in [6.07, 6.45) is 0.193. The predicted molar refractivity (Wildman–Crippen MR) is 81.0 cm³/mol. The fourth-order valence-electron chi connectivity index (χ4n) is 2.40. The summed E-state index contributed by atoms with van der Waals surface area (Å²) in [6, 6.07) is 6.07. The summed E-state index contributed by atoms with van der Waals surface area (Å²) in [5.41, 5.74) is 3.94. The van der Waals surface area contributed by atoms with Crippen LogP contribution in [0.2, 0.25) is 0 Å². The van der Waals surface area contributed by atoms with E-state index in [4.69, 9.17) is 0 Å². The lowest BCUT2D eigenvalue weighted by Gasteiger charge is -2.17. The fraction of sp³-hybridized carbons (Fsp3) is 0.438. The molecule has 0 spiro atoms. The highest BCUT2D eigenvalue weighted by atomic mass is 16.3. The summed E-state index contributed by atoms with van der Waals surface area (Å²) >= 11 is 0. The van der Waals surface area contributed by atoms with Crippen LogP contribution >= 0.6 is 0 Å². The number of nitrogens with zero attached hydrogens (tertiary/aromatic N) is 1. The minimum Gasteiger partial charge on any atom is -0.393 e. The summed E-state index contributed by atoms with van der Waals surface area (Å²) < 4.78 is 0. The van der Waals surface area contributed by atoms with Gasteiger partial charge >= 0.3 is 0 Å². The Balaban J connectivity index is 2.24. The number of nitrogens with one attached hydrogen (secondary N) is 1. The van der Waals surface area contributed by atoms with Crippen molar-refractivity contribution in [1.82, 2.24) is 9.88 Å². The Bertz CT molecular complexity index is 629. The van der Waals surface area contributed by atoms with Crippen molar-refractivity contribution in [1.29, 1.82) is 0 Å². The van der Waals surface area contributed by atoms with Gasteiger partial charge in [-0.05, 0) is 50.5 Å². The number of hydrogen-bond acceptors (Lipinski definition) is 2. The van der Waals surface area contributed by atoms with Crippen LogP contribution in [0.1, 0.15) is 35.0 Å². The first kappa shape index (κ1) is 14.6. The van der Waals surface area contributed by atoms with Crippen molar-refractivity contribution in [2.75, 3.05) is 13.6 Å². The Morgan fingerprint density at radius 2 is 2.05 bits per heavy atom. The largest absolute Gasteiger partial charge is 0.393 e. The number of benzene rings is 1. The molecule has 2 N–H and O–H groups in total. The number of rotatable bonds is 4. The van der Waals surface area contributed by atoms with Gasteiger partial charge in [0.25, 0.3) is 5.91 Å². The summed E-state index contributed by atoms with van der Waals surface area (Å²) in [5.74, 6) is -0.0427. The molecule has 0 radical (unpaired) electrons. The molecule has 0 saturated carbocycles. The molecule has 4 nitrogen and oxygen atoms in total. The number of fused-ring (bicyclic) bond motifs is 1. The first-order valence-electron chi connectivity index (χ1n) is 6.92. The third-order valence-corrected chi connectivity index (χ3v) is 3.55. The number of aromatic nitrogens is 1. The van der Waals surface area contributed by atoms with Gasteiger partial charge in [0.05, 0.1) is 6.10 Å². The molecular weight excluding hydrogens is 252 g/mol. The number of aliphatic hydroxyl groups excluding tert-OH is 1. The number of carbonyl (C=O) groups is 1. The fourth-order valence-corrected chi connectivity index (χ4v) is 2.40. The third kappa shape index (κ3) is 3.02. The van der Waals surface area contributed by atoms with Crippen LogP contribution in [0.15, 0.2) is 18.2 Å². The van der Waals surface area contributed by atoms with Crippen molar-refractivity contribution in [3.63, 3.8) is 0 Å². The minimum absolute atomic E-state index is 0.0427. The Kier molecular flexibility index (Phi) is 4.14. The standard InChI is InChI=1S/C16H22N2O2/c1-10-7-11(2)13-9-15(17-14(13)8-10)16(20)18(4)6-5-12(3)19/h7-9,12,17,19H,5-6H2,1-4H3. The van der Waals surface area contributed by atoms with Crippen LogP contribution in [0.4, 0.5) is 0 Å². The third-order valence-electron chi connectivity index (χ3n) is 3.55. The molecule has 0 bridgehead atoms. The lowest BCUT2D eigenvalue weighted by Crippen LogP contribution is -2.29. The maximum Gasteiger partial charge on any atom is 0.270 e. The highest BCUT2D eigenvalue weighted by Crippen LogP contribution is 2.22. The number of aromatic amines is 1. The van der Waals surface area contributed by atoms with Crippen LogP contribution < -0.4 is 0 Å². The molecule has 1 aromatic carbocycles. The minimum atomic E-state index is -0.391. The molecular formula is C16H22N2O2. The zero-order chi connectivity index (χ0) is 14.9. The average Bonchev–Trinajstić information content (AvgIpc) is 2.78. The van der Waals surface area contributed by atoms with E-state index in [9.17, 15) is 9.90 Å². The van der Waals surface area contributed by atoms with Crippen molar-refractivity contribution in [3.8, 4) is 0 Å². The second-order valence-electron chi connectivity index (χ2n) is 5.59. The van der Waals surface area contributed by atoms with E-state index >= 15 is 0 Å². The molecule has 108 valence electrons. The zero-order valence-electron chi connectivity index (χ0n) is 12.5. The smallest absolute Gasteiger partial charge is 0.270 e. The molecule has 1 atom stereocenters. The molecule has 0 aliphatic rings. The van der Waals surface area contributed by atoms with E-state index in [1.54, 1.807) is 18.9 Å². The highest BCUT2D eigenvalue weighted by Gasteiger charge is 2.15. The van der Waals surface area contributed by atoms with Crippen LogP contribution in [-0.2, 0) is 0 Å². The number of aliphatic hydroxyl groups is 1. The van der Waals surface area contributed by atoms with E-state index in [1.165, 1.54) is 11.1 Å². The molecule has 0 fully saturated rings. The van der Waals surface area contributed by atoms with Gasteiger partial charge in [-0.25, -0.2) is 0 Å². The quantitative estimate of drug-likeness (QED) is 0.900. The summed E-state index contributed by atoms with van der Waals surface area (Å²) in [5, 5.41) is 10.4. The second-order valence-corrected chi connectivity index (χ2v) is 5.59. The normalized spacial score (nSPS) is 12.7. The SMILES string of the molecule is Cc1cc(C)c2cc(C(=O)N(C)CCC(C)O)[nH]c2c1. The molecule has 20 heavy (non-hydrogen) atoms. The molecule has 1 unspecified atom stereocenters. The Labute approximate surface area is 119 Å². The van der Waals surface area contributed by atoms with E-state index in [-0.39, 0.29) is 5.91 Å². The van der Waals surface area contributed by atoms with Gasteiger partial charge in [-0.3, -0.25) is 4.79 Å². The highest BCUT2D eigenvalue weighted by molar-refractivity contribution is 5.98. The second kappa shape index (κ2) is 5.67. The summed E-state index contributed by atoms with van der Waals surface area (Å²) in [7, 11) is 1.76. The van der Waals surface area contributed by atoms with Gasteiger partial charge in [-0.15, -0.1) is 0 Å².